The normalized spacial score (nSPS) is 10.4. The van der Waals surface area contributed by atoms with Crippen LogP contribution in [0.25, 0.3) is 16.8 Å². The summed E-state index contributed by atoms with van der Waals surface area (Å²) in [6.07, 6.45) is 7.16. The summed E-state index contributed by atoms with van der Waals surface area (Å²) in [6, 6.07) is 12.0. The Morgan fingerprint density at radius 1 is 1.05 bits per heavy atom. The average Bonchev–Trinajstić information content (AvgIpc) is 3.02. The maximum Gasteiger partial charge on any atom is 0.144 e. The van der Waals surface area contributed by atoms with Gasteiger partial charge in [0.25, 0.3) is 0 Å². The topological polar surface area (TPSA) is 39.9 Å². The Bertz CT molecular complexity index is 660. The van der Waals surface area contributed by atoms with Crippen LogP contribution in [0, 0.1) is 0 Å². The molecule has 0 aliphatic heterocycles. The summed E-state index contributed by atoms with van der Waals surface area (Å²) in [5.41, 5.74) is 3.15. The highest BCUT2D eigenvalue weighted by Crippen LogP contribution is 2.29. The van der Waals surface area contributed by atoms with Crippen molar-refractivity contribution in [3.8, 4) is 22.6 Å². The summed E-state index contributed by atoms with van der Waals surface area (Å²) >= 11 is 0. The fourth-order valence-corrected chi connectivity index (χ4v) is 2.00. The third-order valence-corrected chi connectivity index (χ3v) is 2.95. The lowest BCUT2D eigenvalue weighted by molar-refractivity contribution is 0.414. The lowest BCUT2D eigenvalue weighted by atomic mass is 10.1. The van der Waals surface area contributed by atoms with Crippen molar-refractivity contribution in [3.05, 3.63) is 61.2 Å². The van der Waals surface area contributed by atoms with E-state index < -0.39 is 0 Å². The van der Waals surface area contributed by atoms with Crippen molar-refractivity contribution >= 4 is 0 Å². The molecule has 94 valence electrons. The lowest BCUT2D eigenvalue weighted by Gasteiger charge is -2.08. The molecule has 1 aromatic carbocycles. The SMILES string of the molecule is COc1cnccc1-c1ccc(-n2cccn2)cc1. The van der Waals surface area contributed by atoms with Crippen LogP contribution in [0.4, 0.5) is 0 Å². The van der Waals surface area contributed by atoms with Crippen molar-refractivity contribution in [3.63, 3.8) is 0 Å². The van der Waals surface area contributed by atoms with Crippen LogP contribution in [0.15, 0.2) is 61.2 Å². The van der Waals surface area contributed by atoms with Crippen LogP contribution in [-0.2, 0) is 0 Å². The summed E-state index contributed by atoms with van der Waals surface area (Å²) in [5, 5.41) is 4.20. The maximum absolute atomic E-state index is 5.32. The van der Waals surface area contributed by atoms with E-state index in [1.165, 1.54) is 0 Å². The van der Waals surface area contributed by atoms with Crippen LogP contribution in [-0.4, -0.2) is 21.9 Å². The summed E-state index contributed by atoms with van der Waals surface area (Å²) < 4.78 is 7.15. The molecule has 0 fully saturated rings. The molecule has 4 nitrogen and oxygen atoms in total. The zero-order valence-corrected chi connectivity index (χ0v) is 10.5. The molecule has 0 N–H and O–H groups in total. The monoisotopic (exact) mass is 251 g/mol. The zero-order chi connectivity index (χ0) is 13.1. The first-order valence-corrected chi connectivity index (χ1v) is 5.97. The molecule has 0 bridgehead atoms. The average molecular weight is 251 g/mol. The molecule has 2 heterocycles. The Morgan fingerprint density at radius 2 is 1.89 bits per heavy atom. The van der Waals surface area contributed by atoms with Gasteiger partial charge in [0.1, 0.15) is 5.75 Å². The van der Waals surface area contributed by atoms with Crippen molar-refractivity contribution < 1.29 is 4.74 Å². The van der Waals surface area contributed by atoms with Crippen molar-refractivity contribution in [1.82, 2.24) is 14.8 Å². The summed E-state index contributed by atoms with van der Waals surface area (Å²) in [4.78, 5) is 4.06. The molecule has 0 aliphatic rings. The van der Waals surface area contributed by atoms with Gasteiger partial charge in [-0.25, -0.2) is 4.68 Å². The van der Waals surface area contributed by atoms with Gasteiger partial charge in [-0.05, 0) is 29.8 Å². The highest BCUT2D eigenvalue weighted by molar-refractivity contribution is 5.70. The molecule has 0 unspecified atom stereocenters. The van der Waals surface area contributed by atoms with Crippen molar-refractivity contribution in [2.24, 2.45) is 0 Å². The number of methoxy groups -OCH3 is 1. The molecule has 0 saturated carbocycles. The van der Waals surface area contributed by atoms with Gasteiger partial charge >= 0.3 is 0 Å². The largest absolute Gasteiger partial charge is 0.494 e. The van der Waals surface area contributed by atoms with Crippen LogP contribution < -0.4 is 4.74 Å². The Hall–Kier alpha value is -2.62. The van der Waals surface area contributed by atoms with Gasteiger partial charge in [-0.2, -0.15) is 5.10 Å². The molecule has 0 radical (unpaired) electrons. The van der Waals surface area contributed by atoms with Gasteiger partial charge in [0, 0.05) is 24.2 Å². The van der Waals surface area contributed by atoms with Gasteiger partial charge in [-0.3, -0.25) is 4.98 Å². The van der Waals surface area contributed by atoms with Crippen LogP contribution in [0.3, 0.4) is 0 Å². The first-order valence-electron chi connectivity index (χ1n) is 5.97. The lowest BCUT2D eigenvalue weighted by Crippen LogP contribution is -1.94. The molecule has 0 aliphatic carbocycles. The predicted octanol–water partition coefficient (Wildman–Crippen LogP) is 2.94. The fraction of sp³-hybridized carbons (Fsp3) is 0.0667. The fourth-order valence-electron chi connectivity index (χ4n) is 2.00. The molecule has 3 aromatic rings. The van der Waals surface area contributed by atoms with Crippen LogP contribution in [0.2, 0.25) is 0 Å². The Kier molecular flexibility index (Phi) is 2.98. The van der Waals surface area contributed by atoms with E-state index in [2.05, 4.69) is 22.2 Å². The first kappa shape index (κ1) is 11.5. The smallest absolute Gasteiger partial charge is 0.144 e. The van der Waals surface area contributed by atoms with Crippen LogP contribution in [0.1, 0.15) is 0 Å². The third kappa shape index (κ3) is 2.20. The van der Waals surface area contributed by atoms with Crippen LogP contribution >= 0.6 is 0 Å². The second-order valence-corrected chi connectivity index (χ2v) is 4.07. The number of nitrogens with zero attached hydrogens (tertiary/aromatic N) is 3. The Labute approximate surface area is 111 Å². The highest BCUT2D eigenvalue weighted by Gasteiger charge is 2.05. The Balaban J connectivity index is 1.99. The van der Waals surface area contributed by atoms with E-state index in [1.54, 1.807) is 25.7 Å². The zero-order valence-electron chi connectivity index (χ0n) is 10.5. The van der Waals surface area contributed by atoms with Gasteiger partial charge in [0.15, 0.2) is 0 Å². The molecular weight excluding hydrogens is 238 g/mol. The standard InChI is InChI=1S/C15H13N3O/c1-19-15-11-16-9-7-14(15)12-3-5-13(6-4-12)18-10-2-8-17-18/h2-11H,1H3. The van der Waals surface area contributed by atoms with Crippen molar-refractivity contribution in [2.45, 2.75) is 0 Å². The molecule has 0 atom stereocenters. The van der Waals surface area contributed by atoms with Gasteiger partial charge in [0.05, 0.1) is 19.0 Å². The minimum absolute atomic E-state index is 0.773. The maximum atomic E-state index is 5.32. The number of aromatic nitrogens is 3. The molecular formula is C15H13N3O. The van der Waals surface area contributed by atoms with Gasteiger partial charge in [-0.15, -0.1) is 0 Å². The number of hydrogen-bond acceptors (Lipinski definition) is 3. The molecule has 0 amide bonds. The highest BCUT2D eigenvalue weighted by atomic mass is 16.5. The summed E-state index contributed by atoms with van der Waals surface area (Å²) in [5.74, 6) is 0.773. The minimum atomic E-state index is 0.773. The van der Waals surface area contributed by atoms with Crippen LogP contribution in [0.5, 0.6) is 5.75 Å². The second-order valence-electron chi connectivity index (χ2n) is 4.07. The number of benzene rings is 1. The molecule has 3 rings (SSSR count). The minimum Gasteiger partial charge on any atom is -0.494 e. The van der Waals surface area contributed by atoms with Gasteiger partial charge < -0.3 is 4.74 Å². The van der Waals surface area contributed by atoms with E-state index in [-0.39, 0.29) is 0 Å². The molecule has 0 saturated heterocycles. The third-order valence-electron chi connectivity index (χ3n) is 2.95. The van der Waals surface area contributed by atoms with Gasteiger partial charge in [-0.1, -0.05) is 12.1 Å². The first-order chi connectivity index (χ1) is 9.38. The van der Waals surface area contributed by atoms with E-state index >= 15 is 0 Å². The quantitative estimate of drug-likeness (QED) is 0.718. The second kappa shape index (κ2) is 4.94. The summed E-state index contributed by atoms with van der Waals surface area (Å²) in [7, 11) is 1.65. The van der Waals surface area contributed by atoms with Gasteiger partial charge in [0.2, 0.25) is 0 Å². The Morgan fingerprint density at radius 3 is 2.58 bits per heavy atom. The van der Waals surface area contributed by atoms with E-state index in [4.69, 9.17) is 4.74 Å². The molecule has 2 aromatic heterocycles. The molecule has 19 heavy (non-hydrogen) atoms. The molecule has 0 spiro atoms. The summed E-state index contributed by atoms with van der Waals surface area (Å²) in [6.45, 7) is 0. The number of rotatable bonds is 3. The van der Waals surface area contributed by atoms with E-state index in [0.717, 1.165) is 22.6 Å². The predicted molar refractivity (Wildman–Crippen MR) is 73.3 cm³/mol. The van der Waals surface area contributed by atoms with E-state index in [1.807, 2.05) is 35.1 Å². The number of ether oxygens (including phenoxy) is 1. The van der Waals surface area contributed by atoms with E-state index in [9.17, 15) is 0 Å². The molecule has 4 heteroatoms. The van der Waals surface area contributed by atoms with Crippen molar-refractivity contribution in [1.29, 1.82) is 0 Å². The van der Waals surface area contributed by atoms with Crippen molar-refractivity contribution in [2.75, 3.05) is 7.11 Å². The van der Waals surface area contributed by atoms with E-state index in [0.29, 0.717) is 0 Å². The number of hydrogen-bond donors (Lipinski definition) is 0. The number of pyridine rings is 1.